The molecule has 1 unspecified atom stereocenters. The predicted molar refractivity (Wildman–Crippen MR) is 88.5 cm³/mol. The zero-order chi connectivity index (χ0) is 15.7. The molecule has 0 spiro atoms. The van der Waals surface area contributed by atoms with E-state index >= 15 is 0 Å². The van der Waals surface area contributed by atoms with E-state index in [-0.39, 0.29) is 6.04 Å². The summed E-state index contributed by atoms with van der Waals surface area (Å²) in [5.74, 6) is 0. The van der Waals surface area contributed by atoms with E-state index in [1.165, 1.54) is 0 Å². The van der Waals surface area contributed by atoms with Crippen LogP contribution in [0.1, 0.15) is 36.9 Å². The lowest BCUT2D eigenvalue weighted by atomic mass is 9.98. The van der Waals surface area contributed by atoms with Crippen molar-refractivity contribution in [3.63, 3.8) is 0 Å². The molecule has 2 aromatic rings. The molecule has 0 aromatic heterocycles. The average molecular weight is 336 g/mol. The Morgan fingerprint density at radius 1 is 1.14 bits per heavy atom. The summed E-state index contributed by atoms with van der Waals surface area (Å²) in [4.78, 5) is 0.413. The largest absolute Gasteiger partial charge is 0.244 e. The van der Waals surface area contributed by atoms with E-state index in [1.54, 1.807) is 22.5 Å². The summed E-state index contributed by atoms with van der Waals surface area (Å²) < 4.78 is 27.3. The number of nitrogens with zero attached hydrogens (tertiary/aromatic N) is 1. The molecule has 0 fully saturated rings. The second-order valence-corrected chi connectivity index (χ2v) is 7.76. The maximum Gasteiger partial charge on any atom is 0.244 e. The van der Waals surface area contributed by atoms with Gasteiger partial charge >= 0.3 is 0 Å². The van der Waals surface area contributed by atoms with Crippen molar-refractivity contribution in [1.29, 1.82) is 0 Å². The number of fused-ring (bicyclic) bond motifs is 1. The molecular formula is C17H18ClNO2S. The quantitative estimate of drug-likeness (QED) is 0.838. The van der Waals surface area contributed by atoms with Crippen LogP contribution in [0.5, 0.6) is 0 Å². The van der Waals surface area contributed by atoms with E-state index in [9.17, 15) is 8.42 Å². The van der Waals surface area contributed by atoms with Gasteiger partial charge in [-0.25, -0.2) is 8.42 Å². The Labute approximate surface area is 136 Å². The van der Waals surface area contributed by atoms with E-state index < -0.39 is 10.0 Å². The van der Waals surface area contributed by atoms with Crippen LogP contribution in [0.4, 0.5) is 0 Å². The molecule has 1 heterocycles. The maximum absolute atomic E-state index is 12.9. The van der Waals surface area contributed by atoms with Crippen molar-refractivity contribution >= 4 is 21.6 Å². The van der Waals surface area contributed by atoms with Gasteiger partial charge < -0.3 is 0 Å². The zero-order valence-corrected chi connectivity index (χ0v) is 13.9. The molecule has 0 saturated heterocycles. The summed E-state index contributed by atoms with van der Waals surface area (Å²) in [6.07, 6.45) is 1.79. The lowest BCUT2D eigenvalue weighted by molar-refractivity contribution is 0.371. The minimum absolute atomic E-state index is 0.286. The predicted octanol–water partition coefficient (Wildman–Crippen LogP) is 4.23. The van der Waals surface area contributed by atoms with Crippen LogP contribution in [0.3, 0.4) is 0 Å². The first kappa shape index (κ1) is 15.5. The molecule has 1 aliphatic rings. The first-order valence-electron chi connectivity index (χ1n) is 7.42. The fourth-order valence-electron chi connectivity index (χ4n) is 2.95. The smallest absolute Gasteiger partial charge is 0.207 e. The van der Waals surface area contributed by atoms with Crippen LogP contribution < -0.4 is 0 Å². The second-order valence-electron chi connectivity index (χ2n) is 5.46. The summed E-state index contributed by atoms with van der Waals surface area (Å²) in [6.45, 7) is 2.58. The fraction of sp³-hybridized carbons (Fsp3) is 0.294. The molecule has 0 aliphatic carbocycles. The number of hydrogen-bond acceptors (Lipinski definition) is 2. The molecule has 1 aliphatic heterocycles. The van der Waals surface area contributed by atoms with Crippen molar-refractivity contribution in [2.45, 2.75) is 30.7 Å². The van der Waals surface area contributed by atoms with Gasteiger partial charge in [0.1, 0.15) is 0 Å². The highest BCUT2D eigenvalue weighted by atomic mass is 35.5. The number of hydrogen-bond donors (Lipinski definition) is 0. The Morgan fingerprint density at radius 3 is 2.64 bits per heavy atom. The normalized spacial score (nSPS) is 20.0. The molecule has 0 amide bonds. The molecule has 5 heteroatoms. The fourth-order valence-corrected chi connectivity index (χ4v) is 5.01. The summed E-state index contributed by atoms with van der Waals surface area (Å²) in [5.41, 5.74) is 1.75. The van der Waals surface area contributed by atoms with Crippen LogP contribution in [0.2, 0.25) is 5.02 Å². The topological polar surface area (TPSA) is 37.4 Å². The van der Waals surface area contributed by atoms with Crippen molar-refractivity contribution in [2.24, 2.45) is 0 Å². The second kappa shape index (κ2) is 6.03. The van der Waals surface area contributed by atoms with Crippen LogP contribution in [0.25, 0.3) is 0 Å². The van der Waals surface area contributed by atoms with Crippen molar-refractivity contribution in [3.8, 4) is 0 Å². The third-order valence-corrected chi connectivity index (χ3v) is 6.16. The first-order chi connectivity index (χ1) is 10.6. The minimum atomic E-state index is -3.44. The lowest BCUT2D eigenvalue weighted by Gasteiger charge is -2.24. The highest BCUT2D eigenvalue weighted by molar-refractivity contribution is 7.89. The third-order valence-electron chi connectivity index (χ3n) is 3.98. The minimum Gasteiger partial charge on any atom is -0.207 e. The molecule has 3 rings (SSSR count). The SMILES string of the molecule is CCCCN1C(c2cccc(Cl)c2)c2ccccc2S1(=O)=O. The van der Waals surface area contributed by atoms with E-state index in [0.29, 0.717) is 16.5 Å². The Balaban J connectivity index is 2.16. The number of rotatable bonds is 4. The van der Waals surface area contributed by atoms with Crippen LogP contribution in [0, 0.1) is 0 Å². The van der Waals surface area contributed by atoms with Crippen molar-refractivity contribution in [2.75, 3.05) is 6.54 Å². The number of unbranched alkanes of at least 4 members (excludes halogenated alkanes) is 1. The molecular weight excluding hydrogens is 318 g/mol. The van der Waals surface area contributed by atoms with Crippen LogP contribution >= 0.6 is 11.6 Å². The first-order valence-corrected chi connectivity index (χ1v) is 9.23. The molecule has 0 saturated carbocycles. The standard InChI is InChI=1S/C17H18ClNO2S/c1-2-3-11-19-17(13-7-6-8-14(18)12-13)15-9-4-5-10-16(15)22(19,20)21/h4-10,12,17H,2-3,11H2,1H3. The Hall–Kier alpha value is -1.36. The summed E-state index contributed by atoms with van der Waals surface area (Å²) in [7, 11) is -3.44. The molecule has 1 atom stereocenters. The molecule has 0 N–H and O–H groups in total. The van der Waals surface area contributed by atoms with E-state index in [4.69, 9.17) is 11.6 Å². The number of sulfonamides is 1. The van der Waals surface area contributed by atoms with Gasteiger partial charge in [-0.15, -0.1) is 0 Å². The van der Waals surface area contributed by atoms with Crippen LogP contribution in [-0.2, 0) is 10.0 Å². The van der Waals surface area contributed by atoms with Gasteiger partial charge in [0.2, 0.25) is 10.0 Å². The Kier molecular flexibility index (Phi) is 4.26. The third kappa shape index (κ3) is 2.56. The van der Waals surface area contributed by atoms with Crippen molar-refractivity contribution < 1.29 is 8.42 Å². The van der Waals surface area contributed by atoms with Gasteiger partial charge in [-0.05, 0) is 35.7 Å². The maximum atomic E-state index is 12.9. The molecule has 3 nitrogen and oxygen atoms in total. The lowest BCUT2D eigenvalue weighted by Crippen LogP contribution is -2.30. The molecule has 2 aromatic carbocycles. The van der Waals surface area contributed by atoms with Gasteiger partial charge in [-0.3, -0.25) is 0 Å². The van der Waals surface area contributed by atoms with Gasteiger partial charge in [0.05, 0.1) is 10.9 Å². The summed E-state index contributed by atoms with van der Waals surface area (Å²) >= 11 is 6.11. The molecule has 116 valence electrons. The van der Waals surface area contributed by atoms with Gasteiger partial charge in [0.15, 0.2) is 0 Å². The summed E-state index contributed by atoms with van der Waals surface area (Å²) in [5, 5.41) is 0.620. The van der Waals surface area contributed by atoms with E-state index in [1.807, 2.05) is 30.3 Å². The van der Waals surface area contributed by atoms with Crippen LogP contribution in [-0.4, -0.2) is 19.3 Å². The van der Waals surface area contributed by atoms with Gasteiger partial charge in [-0.2, -0.15) is 4.31 Å². The monoisotopic (exact) mass is 335 g/mol. The van der Waals surface area contributed by atoms with Crippen molar-refractivity contribution in [1.82, 2.24) is 4.31 Å². The molecule has 0 bridgehead atoms. The Morgan fingerprint density at radius 2 is 1.91 bits per heavy atom. The Bertz CT molecular complexity index is 789. The molecule has 22 heavy (non-hydrogen) atoms. The highest BCUT2D eigenvalue weighted by Crippen LogP contribution is 2.43. The zero-order valence-electron chi connectivity index (χ0n) is 12.4. The average Bonchev–Trinajstić information content (AvgIpc) is 2.73. The summed E-state index contributed by atoms with van der Waals surface area (Å²) in [6, 6.07) is 14.4. The highest BCUT2D eigenvalue weighted by Gasteiger charge is 2.42. The molecule has 0 radical (unpaired) electrons. The van der Waals surface area contributed by atoms with Gasteiger partial charge in [-0.1, -0.05) is 55.3 Å². The number of halogens is 1. The van der Waals surface area contributed by atoms with E-state index in [0.717, 1.165) is 24.0 Å². The van der Waals surface area contributed by atoms with Crippen molar-refractivity contribution in [3.05, 3.63) is 64.7 Å². The van der Waals surface area contributed by atoms with Gasteiger partial charge in [0, 0.05) is 11.6 Å². The van der Waals surface area contributed by atoms with Crippen LogP contribution in [0.15, 0.2) is 53.4 Å². The van der Waals surface area contributed by atoms with E-state index in [2.05, 4.69) is 6.92 Å². The van der Waals surface area contributed by atoms with Gasteiger partial charge in [0.25, 0.3) is 0 Å². The number of benzene rings is 2.